The largest absolute Gasteiger partial charge is 0.398 e. The first-order valence-electron chi connectivity index (χ1n) is 5.21. The number of hydrogen-bond donors (Lipinski definition) is 1. The van der Waals surface area contributed by atoms with E-state index in [1.807, 2.05) is 18.2 Å². The van der Waals surface area contributed by atoms with Crippen molar-refractivity contribution in [3.05, 3.63) is 23.2 Å². The summed E-state index contributed by atoms with van der Waals surface area (Å²) in [6.45, 7) is 0. The van der Waals surface area contributed by atoms with Crippen molar-refractivity contribution in [2.75, 3.05) is 11.5 Å². The number of nitriles is 1. The molecule has 0 aromatic heterocycles. The molecule has 1 fully saturated rings. The van der Waals surface area contributed by atoms with Gasteiger partial charge in [0, 0.05) is 22.8 Å². The van der Waals surface area contributed by atoms with Gasteiger partial charge >= 0.3 is 0 Å². The quantitative estimate of drug-likeness (QED) is 0.657. The Bertz CT molecular complexity index is 415. The van der Waals surface area contributed by atoms with Gasteiger partial charge in [0.1, 0.15) is 0 Å². The van der Waals surface area contributed by atoms with Gasteiger partial charge in [-0.05, 0) is 30.4 Å². The summed E-state index contributed by atoms with van der Waals surface area (Å²) in [6, 6.07) is 7.82. The van der Waals surface area contributed by atoms with Gasteiger partial charge in [-0.3, -0.25) is 0 Å². The van der Waals surface area contributed by atoms with Crippen LogP contribution in [-0.4, -0.2) is 5.75 Å². The summed E-state index contributed by atoms with van der Waals surface area (Å²) in [5.74, 6) is 0.939. The van der Waals surface area contributed by atoms with Crippen LogP contribution in [0.15, 0.2) is 23.1 Å². The van der Waals surface area contributed by atoms with Gasteiger partial charge in [0.05, 0.1) is 11.1 Å². The summed E-state index contributed by atoms with van der Waals surface area (Å²) in [5, 5.41) is 9.44. The molecule has 0 spiro atoms. The second kappa shape index (κ2) is 4.57. The van der Waals surface area contributed by atoms with E-state index in [4.69, 9.17) is 22.6 Å². The fraction of sp³-hybridized carbons (Fsp3) is 0.417. The van der Waals surface area contributed by atoms with Crippen LogP contribution >= 0.6 is 23.4 Å². The minimum Gasteiger partial charge on any atom is -0.398 e. The van der Waals surface area contributed by atoms with E-state index in [1.165, 1.54) is 0 Å². The molecule has 0 unspecified atom stereocenters. The topological polar surface area (TPSA) is 49.8 Å². The first-order valence-corrected chi connectivity index (χ1v) is 6.57. The van der Waals surface area contributed by atoms with Gasteiger partial charge in [0.2, 0.25) is 0 Å². The molecule has 0 heterocycles. The van der Waals surface area contributed by atoms with Crippen LogP contribution in [0.3, 0.4) is 0 Å². The van der Waals surface area contributed by atoms with Gasteiger partial charge < -0.3 is 5.73 Å². The third-order valence-corrected chi connectivity index (χ3v) is 4.86. The second-order valence-corrected chi connectivity index (χ2v) is 5.67. The Kier molecular flexibility index (Phi) is 3.32. The molecule has 16 heavy (non-hydrogen) atoms. The molecular formula is C12H13ClN2S. The molecule has 0 atom stereocenters. The Balaban J connectivity index is 2.03. The number of rotatable bonds is 4. The molecule has 2 rings (SSSR count). The predicted octanol–water partition coefficient (Wildman–Crippen LogP) is 3.71. The highest BCUT2D eigenvalue weighted by molar-refractivity contribution is 7.99. The van der Waals surface area contributed by atoms with Crippen LogP contribution in [0.2, 0.25) is 5.02 Å². The van der Waals surface area contributed by atoms with Crippen LogP contribution in [0, 0.1) is 16.7 Å². The zero-order valence-electron chi connectivity index (χ0n) is 8.87. The minimum atomic E-state index is 0.227. The Labute approximate surface area is 105 Å². The third kappa shape index (κ3) is 2.45. The first-order chi connectivity index (χ1) is 7.67. The Hall–Kier alpha value is -0.850. The van der Waals surface area contributed by atoms with Gasteiger partial charge in [0.15, 0.2) is 0 Å². The lowest BCUT2D eigenvalue weighted by atomic mass is 10.1. The fourth-order valence-electron chi connectivity index (χ4n) is 1.62. The van der Waals surface area contributed by atoms with Crippen molar-refractivity contribution in [1.82, 2.24) is 0 Å². The van der Waals surface area contributed by atoms with E-state index in [1.54, 1.807) is 11.8 Å². The number of nitrogen functional groups attached to an aromatic ring is 1. The zero-order valence-corrected chi connectivity index (χ0v) is 10.4. The maximum atomic E-state index is 8.74. The van der Waals surface area contributed by atoms with Crippen molar-refractivity contribution in [2.24, 2.45) is 5.41 Å². The fourth-order valence-corrected chi connectivity index (χ4v) is 3.25. The molecule has 0 amide bonds. The standard InChI is InChI=1S/C12H13ClN2S/c13-9-2-1-3-10(15)11(9)16-8-12(4-5-12)6-7-14/h1-3H,4-6,8,15H2. The van der Waals surface area contributed by atoms with Crippen molar-refractivity contribution < 1.29 is 0 Å². The highest BCUT2D eigenvalue weighted by Crippen LogP contribution is 2.52. The number of anilines is 1. The summed E-state index contributed by atoms with van der Waals surface area (Å²) >= 11 is 7.77. The molecule has 0 saturated heterocycles. The lowest BCUT2D eigenvalue weighted by Gasteiger charge is -2.12. The number of nitrogens with two attached hydrogens (primary N) is 1. The summed E-state index contributed by atoms with van der Waals surface area (Å²) in [4.78, 5) is 0.952. The molecule has 0 radical (unpaired) electrons. The van der Waals surface area contributed by atoms with Gasteiger partial charge in [0.25, 0.3) is 0 Å². The smallest absolute Gasteiger partial charge is 0.0627 e. The molecule has 0 aliphatic heterocycles. The van der Waals surface area contributed by atoms with E-state index in [2.05, 4.69) is 6.07 Å². The van der Waals surface area contributed by atoms with Crippen LogP contribution in [0.1, 0.15) is 19.3 Å². The minimum absolute atomic E-state index is 0.227. The zero-order chi connectivity index (χ0) is 11.6. The maximum Gasteiger partial charge on any atom is 0.0627 e. The van der Waals surface area contributed by atoms with E-state index >= 15 is 0 Å². The second-order valence-electron chi connectivity index (χ2n) is 4.28. The molecule has 1 aromatic rings. The van der Waals surface area contributed by atoms with Crippen molar-refractivity contribution >= 4 is 29.1 Å². The molecule has 2 nitrogen and oxygen atoms in total. The molecule has 84 valence electrons. The Morgan fingerprint density at radius 1 is 1.50 bits per heavy atom. The van der Waals surface area contributed by atoms with Gasteiger partial charge in [-0.15, -0.1) is 11.8 Å². The van der Waals surface area contributed by atoms with Crippen molar-refractivity contribution in [1.29, 1.82) is 5.26 Å². The van der Waals surface area contributed by atoms with Crippen LogP contribution in [-0.2, 0) is 0 Å². The predicted molar refractivity (Wildman–Crippen MR) is 68.5 cm³/mol. The summed E-state index contributed by atoms with van der Waals surface area (Å²) in [5.41, 5.74) is 6.83. The molecule has 1 aromatic carbocycles. The van der Waals surface area contributed by atoms with Crippen molar-refractivity contribution in [3.63, 3.8) is 0 Å². The van der Waals surface area contributed by atoms with Gasteiger partial charge in [-0.25, -0.2) is 0 Å². The highest BCUT2D eigenvalue weighted by atomic mass is 35.5. The van der Waals surface area contributed by atoms with Gasteiger partial charge in [-0.2, -0.15) is 5.26 Å². The van der Waals surface area contributed by atoms with Crippen LogP contribution in [0.25, 0.3) is 0 Å². The molecule has 4 heteroatoms. The number of halogens is 1. The lowest BCUT2D eigenvalue weighted by Crippen LogP contribution is -2.03. The molecule has 1 aliphatic carbocycles. The average Bonchev–Trinajstić information content (AvgIpc) is 2.98. The van der Waals surface area contributed by atoms with Crippen molar-refractivity contribution in [2.45, 2.75) is 24.2 Å². The highest BCUT2D eigenvalue weighted by Gasteiger charge is 2.42. The first kappa shape index (κ1) is 11.6. The molecular weight excluding hydrogens is 240 g/mol. The number of hydrogen-bond acceptors (Lipinski definition) is 3. The lowest BCUT2D eigenvalue weighted by molar-refractivity contribution is 0.604. The van der Waals surface area contributed by atoms with E-state index in [9.17, 15) is 0 Å². The van der Waals surface area contributed by atoms with Crippen molar-refractivity contribution in [3.8, 4) is 6.07 Å². The van der Waals surface area contributed by atoms with E-state index < -0.39 is 0 Å². The molecule has 1 aliphatic rings. The summed E-state index contributed by atoms with van der Waals surface area (Å²) < 4.78 is 0. The summed E-state index contributed by atoms with van der Waals surface area (Å²) in [6.07, 6.45) is 2.94. The van der Waals surface area contributed by atoms with E-state index in [0.29, 0.717) is 11.4 Å². The normalized spacial score (nSPS) is 16.8. The molecule has 2 N–H and O–H groups in total. The van der Waals surface area contributed by atoms with Gasteiger partial charge in [-0.1, -0.05) is 17.7 Å². The van der Waals surface area contributed by atoms with Crippen LogP contribution in [0.4, 0.5) is 5.69 Å². The van der Waals surface area contributed by atoms with E-state index in [-0.39, 0.29) is 5.41 Å². The summed E-state index contributed by atoms with van der Waals surface area (Å²) in [7, 11) is 0. The van der Waals surface area contributed by atoms with Crippen LogP contribution in [0.5, 0.6) is 0 Å². The Morgan fingerprint density at radius 3 is 2.81 bits per heavy atom. The monoisotopic (exact) mass is 252 g/mol. The number of nitrogens with zero attached hydrogens (tertiary/aromatic N) is 1. The SMILES string of the molecule is N#CCC1(CSc2c(N)cccc2Cl)CC1. The third-order valence-electron chi connectivity index (χ3n) is 2.93. The average molecular weight is 253 g/mol. The maximum absolute atomic E-state index is 8.74. The molecule has 1 saturated carbocycles. The molecule has 0 bridgehead atoms. The van der Waals surface area contributed by atoms with Crippen LogP contribution < -0.4 is 5.73 Å². The Morgan fingerprint density at radius 2 is 2.25 bits per heavy atom. The van der Waals surface area contributed by atoms with E-state index in [0.717, 1.165) is 29.2 Å². The number of benzene rings is 1. The number of thioether (sulfide) groups is 1.